The molecule has 0 unspecified atom stereocenters. The summed E-state index contributed by atoms with van der Waals surface area (Å²) in [4.78, 5) is 12.0. The lowest BCUT2D eigenvalue weighted by molar-refractivity contribution is -0.124. The van der Waals surface area contributed by atoms with E-state index in [-0.39, 0.29) is 11.8 Å². The van der Waals surface area contributed by atoms with Crippen LogP contribution in [0.4, 0.5) is 0 Å². The van der Waals surface area contributed by atoms with Crippen LogP contribution in [0.3, 0.4) is 0 Å². The van der Waals surface area contributed by atoms with Gasteiger partial charge in [0.15, 0.2) is 0 Å². The van der Waals surface area contributed by atoms with Gasteiger partial charge in [-0.15, -0.1) is 0 Å². The van der Waals surface area contributed by atoms with Gasteiger partial charge in [-0.3, -0.25) is 9.48 Å². The topological polar surface area (TPSA) is 56.2 Å². The van der Waals surface area contributed by atoms with E-state index in [2.05, 4.69) is 32.9 Å². The molecule has 1 aliphatic heterocycles. The number of ether oxygens (including phenoxy) is 1. The molecule has 1 saturated heterocycles. The molecule has 0 radical (unpaired) electrons. The Morgan fingerprint density at radius 3 is 3.04 bits per heavy atom. The zero-order valence-corrected chi connectivity index (χ0v) is 13.8. The molecule has 23 heavy (non-hydrogen) atoms. The maximum atomic E-state index is 12.0. The summed E-state index contributed by atoms with van der Waals surface area (Å²) in [5.74, 6) is 0.784. The molecule has 1 atom stereocenters. The number of carbonyl (C=O) groups excluding carboxylic acids is 1. The minimum Gasteiger partial charge on any atom is -0.381 e. The highest BCUT2D eigenvalue weighted by Crippen LogP contribution is 2.41. The number of carbonyl (C=O) groups is 1. The Morgan fingerprint density at radius 2 is 2.35 bits per heavy atom. The number of thiophene rings is 1. The van der Waals surface area contributed by atoms with Gasteiger partial charge in [0.05, 0.1) is 24.8 Å². The fraction of sp³-hybridized carbons (Fsp3) is 0.529. The van der Waals surface area contributed by atoms with Gasteiger partial charge in [0.1, 0.15) is 0 Å². The van der Waals surface area contributed by atoms with Crippen molar-refractivity contribution in [3.63, 3.8) is 0 Å². The second-order valence-corrected chi connectivity index (χ2v) is 7.10. The summed E-state index contributed by atoms with van der Waals surface area (Å²) in [7, 11) is 0. The maximum absolute atomic E-state index is 12.0. The molecule has 2 aromatic rings. The number of nitrogens with zero attached hydrogens (tertiary/aromatic N) is 2. The van der Waals surface area contributed by atoms with Crippen molar-refractivity contribution >= 4 is 17.2 Å². The SMILES string of the molecule is O=C(NCCn1nc(-c2ccsc2)cc1C1CC1)[C@@H]1CCOC1. The third kappa shape index (κ3) is 3.33. The standard InChI is InChI=1S/C17H21N3O2S/c21-17(13-3-7-22-10-13)18-5-6-20-16(12-1-2-12)9-15(19-20)14-4-8-23-11-14/h4,8-9,11-13H,1-3,5-7,10H2,(H,18,21)/t13-/m1/s1. The van der Waals surface area contributed by atoms with Crippen LogP contribution >= 0.6 is 11.3 Å². The number of hydrogen-bond acceptors (Lipinski definition) is 4. The average molecular weight is 331 g/mol. The first-order chi connectivity index (χ1) is 11.3. The summed E-state index contributed by atoms with van der Waals surface area (Å²) in [6.45, 7) is 2.62. The van der Waals surface area contributed by atoms with Gasteiger partial charge < -0.3 is 10.1 Å². The van der Waals surface area contributed by atoms with Crippen LogP contribution in [0.5, 0.6) is 0 Å². The van der Waals surface area contributed by atoms with Crippen molar-refractivity contribution in [2.75, 3.05) is 19.8 Å². The summed E-state index contributed by atoms with van der Waals surface area (Å²) in [5.41, 5.74) is 3.54. The molecule has 6 heteroatoms. The molecular weight excluding hydrogens is 310 g/mol. The fourth-order valence-electron chi connectivity index (χ4n) is 3.04. The lowest BCUT2D eigenvalue weighted by atomic mass is 10.1. The Labute approximate surface area is 139 Å². The average Bonchev–Trinajstić information content (AvgIpc) is 3.05. The van der Waals surface area contributed by atoms with Crippen molar-refractivity contribution < 1.29 is 9.53 Å². The van der Waals surface area contributed by atoms with Gasteiger partial charge in [0.2, 0.25) is 5.91 Å². The highest BCUT2D eigenvalue weighted by atomic mass is 32.1. The number of rotatable bonds is 6. The highest BCUT2D eigenvalue weighted by molar-refractivity contribution is 7.08. The van der Waals surface area contributed by atoms with E-state index >= 15 is 0 Å². The monoisotopic (exact) mass is 331 g/mol. The van der Waals surface area contributed by atoms with E-state index in [1.165, 1.54) is 24.1 Å². The Kier molecular flexibility index (Phi) is 4.18. The molecule has 0 bridgehead atoms. The molecule has 1 amide bonds. The molecule has 0 aromatic carbocycles. The molecule has 3 heterocycles. The predicted molar refractivity (Wildman–Crippen MR) is 89.5 cm³/mol. The Balaban J connectivity index is 1.40. The molecule has 1 aliphatic carbocycles. The zero-order chi connectivity index (χ0) is 15.6. The molecular formula is C17H21N3O2S. The van der Waals surface area contributed by atoms with Gasteiger partial charge in [-0.1, -0.05) is 0 Å². The van der Waals surface area contributed by atoms with Gasteiger partial charge in [-0.05, 0) is 36.8 Å². The zero-order valence-electron chi connectivity index (χ0n) is 13.0. The van der Waals surface area contributed by atoms with Crippen LogP contribution in [-0.2, 0) is 16.1 Å². The first-order valence-electron chi connectivity index (χ1n) is 8.27. The van der Waals surface area contributed by atoms with Crippen LogP contribution in [0.1, 0.15) is 30.9 Å². The summed E-state index contributed by atoms with van der Waals surface area (Å²) in [5, 5.41) is 12.0. The second kappa shape index (κ2) is 6.45. The van der Waals surface area contributed by atoms with Crippen molar-refractivity contribution in [1.82, 2.24) is 15.1 Å². The Hall–Kier alpha value is -1.66. The van der Waals surface area contributed by atoms with Crippen molar-refractivity contribution in [2.45, 2.75) is 31.7 Å². The van der Waals surface area contributed by atoms with E-state index in [0.29, 0.717) is 25.7 Å². The van der Waals surface area contributed by atoms with Crippen LogP contribution in [0.2, 0.25) is 0 Å². The number of nitrogens with one attached hydrogen (secondary N) is 1. The fourth-order valence-corrected chi connectivity index (χ4v) is 3.69. The van der Waals surface area contributed by atoms with E-state index in [4.69, 9.17) is 9.84 Å². The minimum atomic E-state index is 0.0249. The molecule has 1 N–H and O–H groups in total. The molecule has 2 aliphatic rings. The Morgan fingerprint density at radius 1 is 1.43 bits per heavy atom. The summed E-state index contributed by atoms with van der Waals surface area (Å²) in [6.07, 6.45) is 3.34. The molecule has 0 spiro atoms. The van der Waals surface area contributed by atoms with Crippen molar-refractivity contribution in [2.24, 2.45) is 5.92 Å². The Bertz CT molecular complexity index is 670. The van der Waals surface area contributed by atoms with Crippen molar-refractivity contribution in [1.29, 1.82) is 0 Å². The highest BCUT2D eigenvalue weighted by Gasteiger charge is 2.28. The first-order valence-corrected chi connectivity index (χ1v) is 9.21. The number of amides is 1. The van der Waals surface area contributed by atoms with Crippen LogP contribution in [0.25, 0.3) is 11.3 Å². The number of hydrogen-bond donors (Lipinski definition) is 1. The van der Waals surface area contributed by atoms with E-state index in [0.717, 1.165) is 18.7 Å². The van der Waals surface area contributed by atoms with Gasteiger partial charge >= 0.3 is 0 Å². The normalized spacial score (nSPS) is 20.8. The van der Waals surface area contributed by atoms with E-state index in [1.807, 2.05) is 0 Å². The lowest BCUT2D eigenvalue weighted by Crippen LogP contribution is -2.33. The maximum Gasteiger partial charge on any atom is 0.225 e. The second-order valence-electron chi connectivity index (χ2n) is 6.32. The van der Waals surface area contributed by atoms with Gasteiger partial charge in [-0.25, -0.2) is 0 Å². The summed E-state index contributed by atoms with van der Waals surface area (Å²) < 4.78 is 7.35. The molecule has 4 rings (SSSR count). The van der Waals surface area contributed by atoms with Crippen molar-refractivity contribution in [3.05, 3.63) is 28.6 Å². The summed E-state index contributed by atoms with van der Waals surface area (Å²) in [6, 6.07) is 4.32. The number of aromatic nitrogens is 2. The van der Waals surface area contributed by atoms with Gasteiger partial charge in [0.25, 0.3) is 0 Å². The summed E-state index contributed by atoms with van der Waals surface area (Å²) >= 11 is 1.69. The molecule has 2 aromatic heterocycles. The van der Waals surface area contributed by atoms with E-state index in [1.54, 1.807) is 11.3 Å². The quantitative estimate of drug-likeness (QED) is 0.885. The van der Waals surface area contributed by atoms with E-state index < -0.39 is 0 Å². The van der Waals surface area contributed by atoms with Crippen LogP contribution in [-0.4, -0.2) is 35.4 Å². The minimum absolute atomic E-state index is 0.0249. The predicted octanol–water partition coefficient (Wildman–Crippen LogP) is 2.64. The lowest BCUT2D eigenvalue weighted by Gasteiger charge is -2.10. The largest absolute Gasteiger partial charge is 0.381 e. The molecule has 1 saturated carbocycles. The molecule has 2 fully saturated rings. The van der Waals surface area contributed by atoms with Gasteiger partial charge in [-0.2, -0.15) is 16.4 Å². The first kappa shape index (κ1) is 14.9. The van der Waals surface area contributed by atoms with Crippen LogP contribution in [0, 0.1) is 5.92 Å². The third-order valence-corrected chi connectivity index (χ3v) is 5.23. The van der Waals surface area contributed by atoms with Crippen molar-refractivity contribution in [3.8, 4) is 11.3 Å². The van der Waals surface area contributed by atoms with Gasteiger partial charge in [0, 0.05) is 35.7 Å². The molecule has 122 valence electrons. The third-order valence-electron chi connectivity index (χ3n) is 4.55. The van der Waals surface area contributed by atoms with Crippen LogP contribution in [0.15, 0.2) is 22.9 Å². The van der Waals surface area contributed by atoms with Crippen LogP contribution < -0.4 is 5.32 Å². The smallest absolute Gasteiger partial charge is 0.225 e. The molecule has 5 nitrogen and oxygen atoms in total. The van der Waals surface area contributed by atoms with E-state index in [9.17, 15) is 4.79 Å².